The largest absolute Gasteiger partial charge is 0.298 e. The molecule has 0 unspecified atom stereocenters. The van der Waals surface area contributed by atoms with Gasteiger partial charge in [0.05, 0.1) is 25.8 Å². The van der Waals surface area contributed by atoms with Crippen molar-refractivity contribution in [3.05, 3.63) is 72.2 Å². The first-order valence-electron chi connectivity index (χ1n) is 7.07. The van der Waals surface area contributed by atoms with Crippen LogP contribution in [0.2, 0.25) is 30.1 Å². The minimum absolute atomic E-state index is 0.265. The lowest BCUT2D eigenvalue weighted by Gasteiger charge is -2.16. The molecule has 0 bridgehead atoms. The first kappa shape index (κ1) is 19.8. The predicted molar refractivity (Wildman–Crippen MR) is 111 cm³/mol. The highest BCUT2D eigenvalue weighted by Crippen LogP contribution is 2.46. The van der Waals surface area contributed by atoms with Crippen LogP contribution in [0, 0.1) is 0 Å². The Bertz CT molecular complexity index is 988. The molecule has 0 saturated carbocycles. The Morgan fingerprint density at radius 1 is 0.692 bits per heavy atom. The smallest absolute Gasteiger partial charge is 0.150 e. The minimum Gasteiger partial charge on any atom is -0.298 e. The van der Waals surface area contributed by atoms with Gasteiger partial charge in [0.15, 0.2) is 6.29 Å². The molecule has 2 nitrogen and oxygen atoms in total. The Morgan fingerprint density at radius 2 is 1.15 bits per heavy atom. The van der Waals surface area contributed by atoms with Crippen LogP contribution in [-0.4, -0.2) is 11.3 Å². The normalized spacial score (nSPS) is 10.8. The van der Waals surface area contributed by atoms with Crippen molar-refractivity contribution in [3.63, 3.8) is 0 Å². The van der Waals surface area contributed by atoms with E-state index < -0.39 is 0 Å². The summed E-state index contributed by atoms with van der Waals surface area (Å²) in [5, 5.41) is 1.83. The Hall–Kier alpha value is -1.000. The number of rotatable bonds is 3. The molecule has 0 aliphatic heterocycles. The second-order valence-electron chi connectivity index (χ2n) is 5.23. The number of benzene rings is 2. The third-order valence-corrected chi connectivity index (χ3v) is 5.24. The van der Waals surface area contributed by atoms with Crippen molar-refractivity contribution < 1.29 is 4.79 Å². The molecular weight excluding hydrogens is 459 g/mol. The van der Waals surface area contributed by atoms with Crippen LogP contribution in [0.4, 0.5) is 0 Å². The van der Waals surface area contributed by atoms with E-state index in [4.69, 9.17) is 69.6 Å². The highest BCUT2D eigenvalue weighted by molar-refractivity contribution is 6.44. The molecule has 132 valence electrons. The van der Waals surface area contributed by atoms with Gasteiger partial charge in [0.2, 0.25) is 0 Å². The second-order valence-corrected chi connectivity index (χ2v) is 7.73. The summed E-state index contributed by atoms with van der Waals surface area (Å²) in [6.07, 6.45) is 2.15. The number of carbonyl (C=O) groups excluding carboxylic acids is 1. The van der Waals surface area contributed by atoms with Crippen LogP contribution in [0.5, 0.6) is 0 Å². The molecule has 0 spiro atoms. The van der Waals surface area contributed by atoms with Gasteiger partial charge in [-0.2, -0.15) is 0 Å². The fourth-order valence-electron chi connectivity index (χ4n) is 2.58. The van der Waals surface area contributed by atoms with Crippen LogP contribution in [-0.2, 0) is 0 Å². The molecule has 0 radical (unpaired) electrons. The van der Waals surface area contributed by atoms with Gasteiger partial charge in [0.1, 0.15) is 0 Å². The average Bonchev–Trinajstić information content (AvgIpc) is 2.54. The van der Waals surface area contributed by atoms with Crippen molar-refractivity contribution in [2.24, 2.45) is 0 Å². The topological polar surface area (TPSA) is 30.0 Å². The van der Waals surface area contributed by atoms with E-state index >= 15 is 0 Å². The molecule has 0 N–H and O–H groups in total. The van der Waals surface area contributed by atoms with Crippen molar-refractivity contribution in [3.8, 4) is 22.4 Å². The molecule has 0 aliphatic carbocycles. The van der Waals surface area contributed by atoms with Crippen molar-refractivity contribution in [1.29, 1.82) is 0 Å². The number of pyridine rings is 1. The Kier molecular flexibility index (Phi) is 6.03. The van der Waals surface area contributed by atoms with Crippen molar-refractivity contribution in [2.75, 3.05) is 0 Å². The fourth-order valence-corrected chi connectivity index (χ4v) is 4.58. The Balaban J connectivity index is 2.44. The van der Waals surface area contributed by atoms with Gasteiger partial charge in [-0.1, -0.05) is 69.6 Å². The summed E-state index contributed by atoms with van der Waals surface area (Å²) < 4.78 is 0. The maximum Gasteiger partial charge on any atom is 0.150 e. The molecule has 1 heterocycles. The van der Waals surface area contributed by atoms with E-state index in [9.17, 15) is 4.79 Å². The van der Waals surface area contributed by atoms with E-state index in [0.717, 1.165) is 0 Å². The third kappa shape index (κ3) is 3.68. The zero-order valence-corrected chi connectivity index (χ0v) is 17.2. The zero-order chi connectivity index (χ0) is 19.0. The summed E-state index contributed by atoms with van der Waals surface area (Å²) >= 11 is 37.4. The highest BCUT2D eigenvalue weighted by Gasteiger charge is 2.22. The number of aldehydes is 1. The summed E-state index contributed by atoms with van der Waals surface area (Å²) in [7, 11) is 0. The van der Waals surface area contributed by atoms with Crippen molar-refractivity contribution in [1.82, 2.24) is 4.98 Å². The molecule has 1 aromatic heterocycles. The molecular formula is C18H7Cl6NO. The fraction of sp³-hybridized carbons (Fsp3) is 0. The quantitative estimate of drug-likeness (QED) is 0.365. The van der Waals surface area contributed by atoms with Crippen LogP contribution in [0.25, 0.3) is 22.4 Å². The van der Waals surface area contributed by atoms with Gasteiger partial charge in [0.25, 0.3) is 0 Å². The molecule has 2 aromatic carbocycles. The lowest BCUT2D eigenvalue weighted by molar-refractivity contribution is 0.112. The predicted octanol–water partition coefficient (Wildman–Crippen LogP) is 8.15. The number of halogens is 6. The summed E-state index contributed by atoms with van der Waals surface area (Å²) in [6, 6.07) is 7.68. The molecule has 3 rings (SSSR count). The molecule has 0 saturated heterocycles. The maximum atomic E-state index is 11.7. The van der Waals surface area contributed by atoms with E-state index in [1.54, 1.807) is 6.07 Å². The molecule has 8 heteroatoms. The second kappa shape index (κ2) is 7.93. The van der Waals surface area contributed by atoms with Crippen molar-refractivity contribution >= 4 is 75.9 Å². The van der Waals surface area contributed by atoms with E-state index in [2.05, 4.69) is 4.98 Å². The van der Waals surface area contributed by atoms with Gasteiger partial charge in [-0.25, -0.2) is 0 Å². The highest BCUT2D eigenvalue weighted by atomic mass is 35.5. The standard InChI is InChI=1S/C18H7Cl6NO/c19-9-3-11(21)16(12(22)4-9)15-8(7-26)1-2-25-18(15)17-13(23)5-10(20)6-14(17)24/h1-7H. The summed E-state index contributed by atoms with van der Waals surface area (Å²) in [6.45, 7) is 0. The molecule has 0 fully saturated rings. The van der Waals surface area contributed by atoms with Gasteiger partial charge >= 0.3 is 0 Å². The summed E-state index contributed by atoms with van der Waals surface area (Å²) in [5.74, 6) is 0. The van der Waals surface area contributed by atoms with E-state index in [0.29, 0.717) is 44.3 Å². The minimum atomic E-state index is 0.265. The van der Waals surface area contributed by atoms with Crippen LogP contribution in [0.15, 0.2) is 36.5 Å². The summed E-state index contributed by atoms with van der Waals surface area (Å²) in [5.41, 5.74) is 1.90. The third-order valence-electron chi connectivity index (χ3n) is 3.61. The molecule has 0 amide bonds. The van der Waals surface area contributed by atoms with Crippen LogP contribution in [0.1, 0.15) is 10.4 Å². The zero-order valence-electron chi connectivity index (χ0n) is 12.7. The van der Waals surface area contributed by atoms with Crippen LogP contribution >= 0.6 is 69.6 Å². The maximum absolute atomic E-state index is 11.7. The number of nitrogens with zero attached hydrogens (tertiary/aromatic N) is 1. The average molecular weight is 466 g/mol. The summed E-state index contributed by atoms with van der Waals surface area (Å²) in [4.78, 5) is 16.0. The monoisotopic (exact) mass is 463 g/mol. The molecule has 0 aliphatic rings. The van der Waals surface area contributed by atoms with Gasteiger partial charge in [-0.15, -0.1) is 0 Å². The van der Waals surface area contributed by atoms with Crippen molar-refractivity contribution in [2.45, 2.75) is 0 Å². The van der Waals surface area contributed by atoms with Gasteiger partial charge in [0, 0.05) is 38.5 Å². The molecule has 26 heavy (non-hydrogen) atoms. The van der Waals surface area contributed by atoms with Gasteiger partial charge in [-0.3, -0.25) is 9.78 Å². The SMILES string of the molecule is O=Cc1ccnc(-c2c(Cl)cc(Cl)cc2Cl)c1-c1c(Cl)cc(Cl)cc1Cl. The lowest BCUT2D eigenvalue weighted by atomic mass is 9.95. The Labute approximate surface area is 179 Å². The first-order valence-corrected chi connectivity index (χ1v) is 9.34. The molecule has 3 aromatic rings. The van der Waals surface area contributed by atoms with E-state index in [-0.39, 0.29) is 20.1 Å². The number of hydrogen-bond acceptors (Lipinski definition) is 2. The Morgan fingerprint density at radius 3 is 1.62 bits per heavy atom. The van der Waals surface area contributed by atoms with E-state index in [1.165, 1.54) is 30.5 Å². The van der Waals surface area contributed by atoms with Gasteiger partial charge < -0.3 is 0 Å². The van der Waals surface area contributed by atoms with Gasteiger partial charge in [-0.05, 0) is 30.3 Å². The number of hydrogen-bond donors (Lipinski definition) is 0. The first-order chi connectivity index (χ1) is 12.3. The molecule has 0 atom stereocenters. The van der Waals surface area contributed by atoms with Crippen LogP contribution in [0.3, 0.4) is 0 Å². The number of aromatic nitrogens is 1. The number of carbonyl (C=O) groups is 1. The lowest BCUT2D eigenvalue weighted by Crippen LogP contribution is -1.98. The van der Waals surface area contributed by atoms with Crippen LogP contribution < -0.4 is 0 Å². The van der Waals surface area contributed by atoms with E-state index in [1.807, 2.05) is 0 Å².